The predicted molar refractivity (Wildman–Crippen MR) is 86.0 cm³/mol. The van der Waals surface area contributed by atoms with Crippen molar-refractivity contribution in [2.24, 2.45) is 10.8 Å². The van der Waals surface area contributed by atoms with Crippen LogP contribution in [0.4, 0.5) is 0 Å². The van der Waals surface area contributed by atoms with Crippen molar-refractivity contribution in [3.05, 3.63) is 41.6 Å². The molecular formula is C18H20O7. The summed E-state index contributed by atoms with van der Waals surface area (Å²) in [5, 5.41) is 0. The SMILES string of the molecule is C=C=C1CC(C(=O)OC)(C(=O)OC)CC12C=C(OC)C(=O)C(OC)=C2. The number of hydrogen-bond donors (Lipinski definition) is 0. The van der Waals surface area contributed by atoms with E-state index in [1.807, 2.05) is 0 Å². The van der Waals surface area contributed by atoms with E-state index < -0.39 is 28.6 Å². The molecule has 0 bridgehead atoms. The molecule has 7 heteroatoms. The largest absolute Gasteiger partial charge is 0.493 e. The van der Waals surface area contributed by atoms with E-state index in [1.165, 1.54) is 28.4 Å². The minimum atomic E-state index is -1.56. The topological polar surface area (TPSA) is 88.1 Å². The van der Waals surface area contributed by atoms with E-state index in [4.69, 9.17) is 18.9 Å². The van der Waals surface area contributed by atoms with Gasteiger partial charge in [-0.3, -0.25) is 14.4 Å². The predicted octanol–water partition coefficient (Wildman–Crippen LogP) is 1.45. The highest BCUT2D eigenvalue weighted by Gasteiger charge is 2.61. The summed E-state index contributed by atoms with van der Waals surface area (Å²) >= 11 is 0. The van der Waals surface area contributed by atoms with Gasteiger partial charge in [0.2, 0.25) is 0 Å². The Balaban J connectivity index is 2.69. The molecule has 7 nitrogen and oxygen atoms in total. The van der Waals surface area contributed by atoms with Crippen LogP contribution in [-0.4, -0.2) is 46.2 Å². The normalized spacial score (nSPS) is 20.3. The molecule has 0 atom stereocenters. The van der Waals surface area contributed by atoms with Gasteiger partial charge in [0.1, 0.15) is 0 Å². The average molecular weight is 348 g/mol. The number of rotatable bonds is 4. The Morgan fingerprint density at radius 1 is 1.04 bits per heavy atom. The Hall–Kier alpha value is -2.79. The second-order valence-corrected chi connectivity index (χ2v) is 5.87. The molecule has 0 amide bonds. The summed E-state index contributed by atoms with van der Waals surface area (Å²) in [6.45, 7) is 3.66. The van der Waals surface area contributed by atoms with Crippen molar-refractivity contribution in [3.63, 3.8) is 0 Å². The van der Waals surface area contributed by atoms with E-state index in [2.05, 4.69) is 12.3 Å². The minimum absolute atomic E-state index is 0.00499. The van der Waals surface area contributed by atoms with Gasteiger partial charge in [0, 0.05) is 11.8 Å². The van der Waals surface area contributed by atoms with Crippen molar-refractivity contribution in [2.75, 3.05) is 28.4 Å². The van der Waals surface area contributed by atoms with Gasteiger partial charge in [0.25, 0.3) is 5.78 Å². The third kappa shape index (κ3) is 2.66. The number of allylic oxidation sites excluding steroid dienone is 3. The molecule has 2 aliphatic rings. The molecule has 0 aromatic rings. The molecule has 1 fully saturated rings. The molecule has 1 spiro atoms. The summed E-state index contributed by atoms with van der Waals surface area (Å²) in [5.74, 6) is -1.76. The molecule has 0 aromatic heterocycles. The average Bonchev–Trinajstić information content (AvgIpc) is 2.96. The zero-order valence-corrected chi connectivity index (χ0v) is 14.6. The van der Waals surface area contributed by atoms with Gasteiger partial charge >= 0.3 is 11.9 Å². The third-order valence-corrected chi connectivity index (χ3v) is 4.67. The number of esters is 2. The van der Waals surface area contributed by atoms with E-state index in [0.717, 1.165) is 0 Å². The lowest BCUT2D eigenvalue weighted by Crippen LogP contribution is -2.40. The Morgan fingerprint density at radius 3 is 1.88 bits per heavy atom. The summed E-state index contributed by atoms with van der Waals surface area (Å²) in [7, 11) is 5.12. The molecule has 25 heavy (non-hydrogen) atoms. The van der Waals surface area contributed by atoms with Crippen LogP contribution in [0, 0.1) is 10.8 Å². The van der Waals surface area contributed by atoms with Crippen LogP contribution in [0.25, 0.3) is 0 Å². The van der Waals surface area contributed by atoms with Gasteiger partial charge < -0.3 is 18.9 Å². The lowest BCUT2D eigenvalue weighted by Gasteiger charge is -2.29. The highest BCUT2D eigenvalue weighted by molar-refractivity contribution is 6.07. The summed E-state index contributed by atoms with van der Waals surface area (Å²) in [5.41, 5.74) is 0.770. The number of ketones is 1. The van der Waals surface area contributed by atoms with Crippen LogP contribution in [-0.2, 0) is 33.3 Å². The van der Waals surface area contributed by atoms with Crippen LogP contribution in [0.1, 0.15) is 12.8 Å². The standard InChI is InChI=1S/C18H20O7/c1-6-11-7-18(15(20)24-4,16(21)25-5)10-17(11)8-12(22-2)14(19)13(9-17)23-3/h8-9H,1,7,10H2,2-5H3. The molecule has 2 aliphatic carbocycles. The zero-order valence-electron chi connectivity index (χ0n) is 14.6. The van der Waals surface area contributed by atoms with Crippen LogP contribution >= 0.6 is 0 Å². The summed E-state index contributed by atoms with van der Waals surface area (Å²) < 4.78 is 20.0. The van der Waals surface area contributed by atoms with Gasteiger partial charge in [-0.05, 0) is 24.1 Å². The van der Waals surface area contributed by atoms with E-state index in [-0.39, 0.29) is 24.4 Å². The van der Waals surface area contributed by atoms with Crippen molar-refractivity contribution in [1.29, 1.82) is 0 Å². The quantitative estimate of drug-likeness (QED) is 0.432. The third-order valence-electron chi connectivity index (χ3n) is 4.67. The number of ether oxygens (including phenoxy) is 4. The maximum absolute atomic E-state index is 12.4. The Morgan fingerprint density at radius 2 is 1.52 bits per heavy atom. The van der Waals surface area contributed by atoms with Gasteiger partial charge in [-0.15, -0.1) is 5.73 Å². The number of carbonyl (C=O) groups excluding carboxylic acids is 3. The molecule has 0 N–H and O–H groups in total. The zero-order chi connectivity index (χ0) is 18.8. The van der Waals surface area contributed by atoms with Crippen molar-refractivity contribution in [2.45, 2.75) is 12.8 Å². The fourth-order valence-corrected chi connectivity index (χ4v) is 3.47. The van der Waals surface area contributed by atoms with Crippen molar-refractivity contribution in [3.8, 4) is 0 Å². The molecular weight excluding hydrogens is 328 g/mol. The molecule has 0 saturated heterocycles. The van der Waals surface area contributed by atoms with Crippen molar-refractivity contribution >= 4 is 17.7 Å². The first-order valence-corrected chi connectivity index (χ1v) is 7.48. The number of hydrogen-bond acceptors (Lipinski definition) is 7. The molecule has 2 rings (SSSR count). The van der Waals surface area contributed by atoms with Gasteiger partial charge in [0.05, 0.1) is 28.4 Å². The Labute approximate surface area is 145 Å². The summed E-state index contributed by atoms with van der Waals surface area (Å²) in [6, 6.07) is 0. The van der Waals surface area contributed by atoms with E-state index in [9.17, 15) is 14.4 Å². The molecule has 0 aliphatic heterocycles. The second-order valence-electron chi connectivity index (χ2n) is 5.87. The molecule has 1 saturated carbocycles. The first-order chi connectivity index (χ1) is 11.8. The van der Waals surface area contributed by atoms with Crippen LogP contribution < -0.4 is 0 Å². The smallest absolute Gasteiger partial charge is 0.323 e. The summed E-state index contributed by atoms with van der Waals surface area (Å²) in [4.78, 5) is 37.1. The molecule has 0 heterocycles. The lowest BCUT2D eigenvalue weighted by molar-refractivity contribution is -0.168. The van der Waals surface area contributed by atoms with Gasteiger partial charge in [-0.25, -0.2) is 0 Å². The number of methoxy groups -OCH3 is 4. The van der Waals surface area contributed by atoms with Crippen molar-refractivity contribution in [1.82, 2.24) is 0 Å². The van der Waals surface area contributed by atoms with Crippen LogP contribution in [0.3, 0.4) is 0 Å². The van der Waals surface area contributed by atoms with Crippen LogP contribution in [0.15, 0.2) is 41.6 Å². The maximum atomic E-state index is 12.4. The van der Waals surface area contributed by atoms with E-state index >= 15 is 0 Å². The van der Waals surface area contributed by atoms with Gasteiger partial charge in [0.15, 0.2) is 16.9 Å². The molecule has 0 unspecified atom stereocenters. The first kappa shape index (κ1) is 18.5. The Bertz CT molecular complexity index is 695. The van der Waals surface area contributed by atoms with Gasteiger partial charge in [-0.1, -0.05) is 6.58 Å². The highest BCUT2D eigenvalue weighted by atomic mass is 16.5. The first-order valence-electron chi connectivity index (χ1n) is 7.48. The monoisotopic (exact) mass is 348 g/mol. The molecule has 0 radical (unpaired) electrons. The maximum Gasteiger partial charge on any atom is 0.323 e. The van der Waals surface area contributed by atoms with E-state index in [0.29, 0.717) is 5.57 Å². The fourth-order valence-electron chi connectivity index (χ4n) is 3.47. The fraction of sp³-hybridized carbons (Fsp3) is 0.444. The lowest BCUT2D eigenvalue weighted by atomic mass is 9.75. The van der Waals surface area contributed by atoms with E-state index in [1.54, 1.807) is 12.2 Å². The molecule has 0 aromatic carbocycles. The van der Waals surface area contributed by atoms with Crippen LogP contribution in [0.5, 0.6) is 0 Å². The van der Waals surface area contributed by atoms with Gasteiger partial charge in [-0.2, -0.15) is 0 Å². The number of carbonyl (C=O) groups is 3. The minimum Gasteiger partial charge on any atom is -0.493 e. The van der Waals surface area contributed by atoms with Crippen LogP contribution in [0.2, 0.25) is 0 Å². The van der Waals surface area contributed by atoms with Crippen molar-refractivity contribution < 1.29 is 33.3 Å². The summed E-state index contributed by atoms with van der Waals surface area (Å²) in [6.07, 6.45) is 3.10. The second kappa shape index (κ2) is 6.61. The Kier molecular flexibility index (Phi) is 4.90. The highest BCUT2D eigenvalue weighted by Crippen LogP contribution is 2.57. The number of Topliss-reactive ketones (excluding diaryl/α,β-unsaturated/α-hetero) is 1. The molecule has 134 valence electrons.